The Bertz CT molecular complexity index is 1000. The molecule has 0 saturated heterocycles. The number of rotatable bonds is 4. The maximum atomic E-state index is 5.46. The lowest BCUT2D eigenvalue weighted by atomic mass is 10.1. The van der Waals surface area contributed by atoms with Crippen molar-refractivity contribution in [3.05, 3.63) is 76.6 Å². The number of nitrogens with zero attached hydrogens (tertiary/aromatic N) is 4. The van der Waals surface area contributed by atoms with Gasteiger partial charge < -0.3 is 4.52 Å². The molecule has 0 aliphatic heterocycles. The first-order chi connectivity index (χ1) is 12.2. The molecule has 0 N–H and O–H groups in total. The van der Waals surface area contributed by atoms with E-state index in [9.17, 15) is 0 Å². The molecule has 0 aliphatic carbocycles. The van der Waals surface area contributed by atoms with E-state index in [-0.39, 0.29) is 0 Å². The van der Waals surface area contributed by atoms with Crippen LogP contribution in [0, 0.1) is 6.92 Å². The van der Waals surface area contributed by atoms with Gasteiger partial charge in [-0.2, -0.15) is 0 Å². The van der Waals surface area contributed by atoms with Crippen LogP contribution < -0.4 is 0 Å². The van der Waals surface area contributed by atoms with Crippen LogP contribution in [0.2, 0.25) is 0 Å². The highest BCUT2D eigenvalue weighted by Gasteiger charge is 2.10. The SMILES string of the molecule is Cc1ccccc1-c1cc(Cn2cc(-c3ccc(Br)cc3)nn2)on1. The molecule has 0 bridgehead atoms. The van der Waals surface area contributed by atoms with Crippen LogP contribution in [0.5, 0.6) is 0 Å². The second-order valence-corrected chi connectivity index (χ2v) is 6.72. The fourth-order valence-corrected chi connectivity index (χ4v) is 2.93. The van der Waals surface area contributed by atoms with Crippen molar-refractivity contribution in [1.82, 2.24) is 20.2 Å². The summed E-state index contributed by atoms with van der Waals surface area (Å²) in [5, 5.41) is 12.6. The summed E-state index contributed by atoms with van der Waals surface area (Å²) in [6.07, 6.45) is 1.90. The molecule has 2 aromatic heterocycles. The molecule has 2 aromatic carbocycles. The number of hydrogen-bond donors (Lipinski definition) is 0. The molecular weight excluding hydrogens is 380 g/mol. The normalized spacial score (nSPS) is 11.0. The van der Waals surface area contributed by atoms with Crippen molar-refractivity contribution in [3.63, 3.8) is 0 Å². The summed E-state index contributed by atoms with van der Waals surface area (Å²) in [4.78, 5) is 0. The zero-order valence-electron chi connectivity index (χ0n) is 13.6. The minimum atomic E-state index is 0.489. The third-order valence-electron chi connectivity index (χ3n) is 3.98. The number of aromatic nitrogens is 4. The topological polar surface area (TPSA) is 56.7 Å². The molecule has 4 rings (SSSR count). The molecule has 0 saturated carbocycles. The standard InChI is InChI=1S/C19H15BrN4O/c1-13-4-2-3-5-17(13)18-10-16(25-22-18)11-24-12-19(21-23-24)14-6-8-15(20)9-7-14/h2-10,12H,11H2,1H3. The maximum Gasteiger partial charge on any atom is 0.158 e. The summed E-state index contributed by atoms with van der Waals surface area (Å²) in [5.41, 5.74) is 4.92. The highest BCUT2D eigenvalue weighted by molar-refractivity contribution is 9.10. The highest BCUT2D eigenvalue weighted by atomic mass is 79.9. The molecule has 0 atom stereocenters. The summed E-state index contributed by atoms with van der Waals surface area (Å²) in [5.74, 6) is 0.741. The van der Waals surface area contributed by atoms with Gasteiger partial charge in [-0.05, 0) is 24.6 Å². The van der Waals surface area contributed by atoms with Crippen molar-refractivity contribution in [2.45, 2.75) is 13.5 Å². The Morgan fingerprint density at radius 2 is 1.84 bits per heavy atom. The van der Waals surface area contributed by atoms with Crippen molar-refractivity contribution in [2.75, 3.05) is 0 Å². The van der Waals surface area contributed by atoms with E-state index in [1.54, 1.807) is 4.68 Å². The number of hydrogen-bond acceptors (Lipinski definition) is 4. The van der Waals surface area contributed by atoms with Gasteiger partial charge in [0.1, 0.15) is 17.9 Å². The zero-order chi connectivity index (χ0) is 17.2. The van der Waals surface area contributed by atoms with Crippen LogP contribution in [0.15, 0.2) is 69.8 Å². The van der Waals surface area contributed by atoms with Crippen LogP contribution in [0.4, 0.5) is 0 Å². The van der Waals surface area contributed by atoms with Crippen LogP contribution in [-0.4, -0.2) is 20.2 Å². The molecule has 0 spiro atoms. The van der Waals surface area contributed by atoms with E-state index >= 15 is 0 Å². The molecule has 0 fully saturated rings. The summed E-state index contributed by atoms with van der Waals surface area (Å²) < 4.78 is 8.25. The number of aryl methyl sites for hydroxylation is 1. The third kappa shape index (κ3) is 3.39. The Kier molecular flexibility index (Phi) is 4.19. The van der Waals surface area contributed by atoms with Gasteiger partial charge in [0.25, 0.3) is 0 Å². The Morgan fingerprint density at radius 3 is 2.64 bits per heavy atom. The maximum absolute atomic E-state index is 5.46. The van der Waals surface area contributed by atoms with Crippen molar-refractivity contribution in [1.29, 1.82) is 0 Å². The van der Waals surface area contributed by atoms with Gasteiger partial charge in [0.2, 0.25) is 0 Å². The van der Waals surface area contributed by atoms with E-state index in [2.05, 4.69) is 44.4 Å². The van der Waals surface area contributed by atoms with Gasteiger partial charge in [0.15, 0.2) is 5.76 Å². The largest absolute Gasteiger partial charge is 0.359 e. The average Bonchev–Trinajstić information content (AvgIpc) is 3.26. The summed E-state index contributed by atoms with van der Waals surface area (Å²) in [6.45, 7) is 2.55. The van der Waals surface area contributed by atoms with E-state index in [1.165, 1.54) is 5.56 Å². The lowest BCUT2D eigenvalue weighted by Gasteiger charge is -1.99. The Balaban J connectivity index is 1.54. The second kappa shape index (κ2) is 6.64. The fourth-order valence-electron chi connectivity index (χ4n) is 2.66. The molecule has 124 valence electrons. The van der Waals surface area contributed by atoms with Gasteiger partial charge in [-0.1, -0.05) is 62.7 Å². The second-order valence-electron chi connectivity index (χ2n) is 5.80. The number of halogens is 1. The van der Waals surface area contributed by atoms with E-state index in [0.29, 0.717) is 6.54 Å². The molecule has 0 radical (unpaired) electrons. The van der Waals surface area contributed by atoms with E-state index in [0.717, 1.165) is 32.7 Å². The predicted octanol–water partition coefficient (Wildman–Crippen LogP) is 4.72. The molecule has 0 aliphatic rings. The van der Waals surface area contributed by atoms with Crippen LogP contribution in [0.25, 0.3) is 22.5 Å². The third-order valence-corrected chi connectivity index (χ3v) is 4.51. The molecular formula is C19H15BrN4O. The summed E-state index contributed by atoms with van der Waals surface area (Å²) in [7, 11) is 0. The molecule has 0 unspecified atom stereocenters. The van der Waals surface area contributed by atoms with Gasteiger partial charge in [-0.15, -0.1) is 5.10 Å². The molecule has 0 amide bonds. The van der Waals surface area contributed by atoms with Gasteiger partial charge in [0.05, 0.1) is 6.20 Å². The van der Waals surface area contributed by atoms with Gasteiger partial charge in [0, 0.05) is 21.7 Å². The van der Waals surface area contributed by atoms with Crippen LogP contribution in [0.1, 0.15) is 11.3 Å². The lowest BCUT2D eigenvalue weighted by molar-refractivity contribution is 0.371. The number of benzene rings is 2. The minimum absolute atomic E-state index is 0.489. The zero-order valence-corrected chi connectivity index (χ0v) is 15.1. The molecule has 6 heteroatoms. The summed E-state index contributed by atoms with van der Waals surface area (Å²) in [6, 6.07) is 18.0. The average molecular weight is 395 g/mol. The van der Waals surface area contributed by atoms with Crippen LogP contribution in [-0.2, 0) is 6.54 Å². The van der Waals surface area contributed by atoms with E-state index < -0.39 is 0 Å². The van der Waals surface area contributed by atoms with Crippen molar-refractivity contribution < 1.29 is 4.52 Å². The Labute approximate surface area is 153 Å². The van der Waals surface area contributed by atoms with E-state index in [1.807, 2.05) is 54.7 Å². The van der Waals surface area contributed by atoms with Gasteiger partial charge in [-0.25, -0.2) is 4.68 Å². The fraction of sp³-hybridized carbons (Fsp3) is 0.105. The first kappa shape index (κ1) is 15.8. The molecule has 5 nitrogen and oxygen atoms in total. The summed E-state index contributed by atoms with van der Waals surface area (Å²) >= 11 is 3.43. The quantitative estimate of drug-likeness (QED) is 0.502. The highest BCUT2D eigenvalue weighted by Crippen LogP contribution is 2.23. The van der Waals surface area contributed by atoms with Gasteiger partial charge in [-0.3, -0.25) is 0 Å². The molecule has 4 aromatic rings. The van der Waals surface area contributed by atoms with Crippen LogP contribution in [0.3, 0.4) is 0 Å². The van der Waals surface area contributed by atoms with Crippen LogP contribution >= 0.6 is 15.9 Å². The van der Waals surface area contributed by atoms with Gasteiger partial charge >= 0.3 is 0 Å². The van der Waals surface area contributed by atoms with Crippen molar-refractivity contribution >= 4 is 15.9 Å². The van der Waals surface area contributed by atoms with E-state index in [4.69, 9.17) is 4.52 Å². The first-order valence-corrected chi connectivity index (χ1v) is 8.66. The molecule has 2 heterocycles. The molecule has 25 heavy (non-hydrogen) atoms. The monoisotopic (exact) mass is 394 g/mol. The predicted molar refractivity (Wildman–Crippen MR) is 98.9 cm³/mol. The Hall–Kier alpha value is -2.73. The smallest absolute Gasteiger partial charge is 0.158 e. The van der Waals surface area contributed by atoms with Crippen molar-refractivity contribution in [3.8, 4) is 22.5 Å². The van der Waals surface area contributed by atoms with Crippen molar-refractivity contribution in [2.24, 2.45) is 0 Å². The first-order valence-electron chi connectivity index (χ1n) is 7.87. The minimum Gasteiger partial charge on any atom is -0.359 e. The lowest BCUT2D eigenvalue weighted by Crippen LogP contribution is -1.98. The Morgan fingerprint density at radius 1 is 1.04 bits per heavy atom.